The molecule has 1 N–H and O–H groups in total. The smallest absolute Gasteiger partial charge is 0.0840 e. The van der Waals surface area contributed by atoms with E-state index in [9.17, 15) is 5.11 Å². The van der Waals surface area contributed by atoms with Crippen LogP contribution in [0, 0.1) is 6.92 Å². The first-order valence-corrected chi connectivity index (χ1v) is 5.72. The average Bonchev–Trinajstić information content (AvgIpc) is 2.19. The van der Waals surface area contributed by atoms with Crippen LogP contribution in [0.15, 0.2) is 23.2 Å². The van der Waals surface area contributed by atoms with Crippen LogP contribution in [0.4, 0.5) is 5.69 Å². The van der Waals surface area contributed by atoms with Crippen molar-refractivity contribution in [2.75, 3.05) is 0 Å². The Kier molecular flexibility index (Phi) is 3.87. The Bertz CT molecular complexity index is 400. The third-order valence-electron chi connectivity index (χ3n) is 2.73. The fourth-order valence-electron chi connectivity index (χ4n) is 1.45. The van der Waals surface area contributed by atoms with Crippen LogP contribution in [-0.4, -0.2) is 10.8 Å². The first-order chi connectivity index (χ1) is 7.34. The van der Waals surface area contributed by atoms with Crippen molar-refractivity contribution >= 4 is 11.4 Å². The number of hydrogen-bond donors (Lipinski definition) is 1. The van der Waals surface area contributed by atoms with E-state index in [1.807, 2.05) is 32.0 Å². The van der Waals surface area contributed by atoms with Gasteiger partial charge in [0.05, 0.1) is 11.3 Å². The Labute approximate surface area is 98.0 Å². The maximum atomic E-state index is 9.90. The molecule has 1 aromatic carbocycles. The summed E-state index contributed by atoms with van der Waals surface area (Å²) in [6.07, 6.45) is 0.965. The van der Waals surface area contributed by atoms with E-state index in [2.05, 4.69) is 11.9 Å². The van der Waals surface area contributed by atoms with Gasteiger partial charge in [0.1, 0.15) is 0 Å². The molecule has 0 bridgehead atoms. The molecule has 1 rings (SSSR count). The molecule has 0 amide bonds. The van der Waals surface area contributed by atoms with E-state index in [0.717, 1.165) is 28.9 Å². The molecule has 0 saturated carbocycles. The number of hydrogen-bond acceptors (Lipinski definition) is 2. The van der Waals surface area contributed by atoms with Crippen molar-refractivity contribution < 1.29 is 5.11 Å². The summed E-state index contributed by atoms with van der Waals surface area (Å²) < 4.78 is 0. The number of aliphatic imine (C=N–C) groups is 1. The molecule has 0 aliphatic rings. The highest BCUT2D eigenvalue weighted by atomic mass is 16.3. The second-order valence-electron chi connectivity index (χ2n) is 4.76. The van der Waals surface area contributed by atoms with Gasteiger partial charge in [0.15, 0.2) is 0 Å². The Hall–Kier alpha value is -1.15. The minimum absolute atomic E-state index is 0.785. The SMILES string of the molecule is CCC(C)=Nc1ccc(C(C)(C)O)cc1C. The molecule has 0 radical (unpaired) electrons. The number of aliphatic hydroxyl groups is 1. The normalized spacial score (nSPS) is 13.0. The lowest BCUT2D eigenvalue weighted by Crippen LogP contribution is -2.15. The fraction of sp³-hybridized carbons (Fsp3) is 0.500. The highest BCUT2D eigenvalue weighted by Crippen LogP contribution is 2.26. The Morgan fingerprint density at radius 3 is 2.44 bits per heavy atom. The summed E-state index contributed by atoms with van der Waals surface area (Å²) in [5.41, 5.74) is 3.37. The Balaban J connectivity index is 3.10. The van der Waals surface area contributed by atoms with E-state index in [0.29, 0.717) is 0 Å². The monoisotopic (exact) mass is 219 g/mol. The van der Waals surface area contributed by atoms with Gasteiger partial charge in [-0.1, -0.05) is 19.1 Å². The minimum atomic E-state index is -0.785. The average molecular weight is 219 g/mol. The summed E-state index contributed by atoms with van der Waals surface area (Å²) in [5, 5.41) is 9.90. The van der Waals surface area contributed by atoms with E-state index < -0.39 is 5.60 Å². The standard InChI is InChI=1S/C14H21NO/c1-6-11(3)15-13-8-7-12(9-10(13)2)14(4,5)16/h7-9,16H,6H2,1-5H3. The van der Waals surface area contributed by atoms with Gasteiger partial charge in [0.2, 0.25) is 0 Å². The molecular formula is C14H21NO. The molecule has 0 atom stereocenters. The lowest BCUT2D eigenvalue weighted by molar-refractivity contribution is 0.0785. The van der Waals surface area contributed by atoms with E-state index in [1.165, 1.54) is 0 Å². The first kappa shape index (κ1) is 12.9. The second-order valence-corrected chi connectivity index (χ2v) is 4.76. The number of nitrogens with zero attached hydrogens (tertiary/aromatic N) is 1. The van der Waals surface area contributed by atoms with Crippen molar-refractivity contribution in [3.63, 3.8) is 0 Å². The Morgan fingerprint density at radius 2 is 2.00 bits per heavy atom. The molecule has 0 fully saturated rings. The van der Waals surface area contributed by atoms with Crippen molar-refractivity contribution in [1.29, 1.82) is 0 Å². The van der Waals surface area contributed by atoms with Gasteiger partial charge in [-0.25, -0.2) is 0 Å². The summed E-state index contributed by atoms with van der Waals surface area (Å²) in [6, 6.07) is 5.92. The van der Waals surface area contributed by atoms with Crippen LogP contribution in [0.5, 0.6) is 0 Å². The van der Waals surface area contributed by atoms with Gasteiger partial charge in [-0.05, 0) is 51.3 Å². The van der Waals surface area contributed by atoms with Crippen molar-refractivity contribution in [2.24, 2.45) is 4.99 Å². The molecule has 0 heterocycles. The van der Waals surface area contributed by atoms with Gasteiger partial charge >= 0.3 is 0 Å². The highest BCUT2D eigenvalue weighted by Gasteiger charge is 2.16. The van der Waals surface area contributed by atoms with Crippen LogP contribution in [0.25, 0.3) is 0 Å². The largest absolute Gasteiger partial charge is 0.386 e. The van der Waals surface area contributed by atoms with Gasteiger partial charge in [-0.2, -0.15) is 0 Å². The summed E-state index contributed by atoms with van der Waals surface area (Å²) >= 11 is 0. The lowest BCUT2D eigenvalue weighted by atomic mass is 9.96. The molecule has 2 nitrogen and oxygen atoms in total. The van der Waals surface area contributed by atoms with Crippen molar-refractivity contribution in [3.8, 4) is 0 Å². The van der Waals surface area contributed by atoms with Crippen LogP contribution in [0.3, 0.4) is 0 Å². The van der Waals surface area contributed by atoms with Crippen LogP contribution in [0.1, 0.15) is 45.2 Å². The van der Waals surface area contributed by atoms with Crippen LogP contribution < -0.4 is 0 Å². The quantitative estimate of drug-likeness (QED) is 0.772. The summed E-state index contributed by atoms with van der Waals surface area (Å²) in [5.74, 6) is 0. The maximum Gasteiger partial charge on any atom is 0.0840 e. The first-order valence-electron chi connectivity index (χ1n) is 5.72. The fourth-order valence-corrected chi connectivity index (χ4v) is 1.45. The number of benzene rings is 1. The maximum absolute atomic E-state index is 9.90. The summed E-state index contributed by atoms with van der Waals surface area (Å²) in [7, 11) is 0. The molecule has 1 aromatic rings. The third-order valence-corrected chi connectivity index (χ3v) is 2.73. The van der Waals surface area contributed by atoms with Gasteiger partial charge in [-0.3, -0.25) is 4.99 Å². The van der Waals surface area contributed by atoms with Crippen LogP contribution in [-0.2, 0) is 5.60 Å². The molecule has 88 valence electrons. The molecule has 16 heavy (non-hydrogen) atoms. The van der Waals surface area contributed by atoms with E-state index in [1.54, 1.807) is 13.8 Å². The number of aryl methyl sites for hydroxylation is 1. The zero-order valence-electron chi connectivity index (χ0n) is 10.8. The third kappa shape index (κ3) is 3.17. The van der Waals surface area contributed by atoms with E-state index in [-0.39, 0.29) is 0 Å². The number of rotatable bonds is 3. The minimum Gasteiger partial charge on any atom is -0.386 e. The predicted octanol–water partition coefficient (Wildman–Crippen LogP) is 3.72. The molecule has 0 aliphatic heterocycles. The molecule has 0 aromatic heterocycles. The molecule has 2 heteroatoms. The molecule has 0 unspecified atom stereocenters. The summed E-state index contributed by atoms with van der Waals surface area (Å²) in [6.45, 7) is 9.74. The van der Waals surface area contributed by atoms with Gasteiger partial charge in [0.25, 0.3) is 0 Å². The van der Waals surface area contributed by atoms with Gasteiger partial charge < -0.3 is 5.11 Å². The molecule has 0 saturated heterocycles. The molecule has 0 spiro atoms. The highest BCUT2D eigenvalue weighted by molar-refractivity contribution is 5.84. The molecule has 0 aliphatic carbocycles. The van der Waals surface area contributed by atoms with Crippen molar-refractivity contribution in [2.45, 2.75) is 46.6 Å². The zero-order valence-corrected chi connectivity index (χ0v) is 10.8. The van der Waals surface area contributed by atoms with Crippen LogP contribution >= 0.6 is 0 Å². The lowest BCUT2D eigenvalue weighted by Gasteiger charge is -2.18. The topological polar surface area (TPSA) is 32.6 Å². The molecular weight excluding hydrogens is 198 g/mol. The van der Waals surface area contributed by atoms with Crippen molar-refractivity contribution in [3.05, 3.63) is 29.3 Å². The van der Waals surface area contributed by atoms with Gasteiger partial charge in [-0.15, -0.1) is 0 Å². The Morgan fingerprint density at radius 1 is 1.38 bits per heavy atom. The van der Waals surface area contributed by atoms with Crippen molar-refractivity contribution in [1.82, 2.24) is 0 Å². The predicted molar refractivity (Wildman–Crippen MR) is 69.5 cm³/mol. The van der Waals surface area contributed by atoms with Crippen LogP contribution in [0.2, 0.25) is 0 Å². The van der Waals surface area contributed by atoms with Gasteiger partial charge in [0, 0.05) is 5.71 Å². The summed E-state index contributed by atoms with van der Waals surface area (Å²) in [4.78, 5) is 4.54. The second kappa shape index (κ2) is 4.79. The van der Waals surface area contributed by atoms with E-state index in [4.69, 9.17) is 0 Å². The van der Waals surface area contributed by atoms with E-state index >= 15 is 0 Å². The zero-order chi connectivity index (χ0) is 12.3.